The molecule has 0 atom stereocenters. The average molecular weight is 399 g/mol. The van der Waals surface area contributed by atoms with Gasteiger partial charge in [0.15, 0.2) is 5.96 Å². The van der Waals surface area contributed by atoms with Crippen molar-refractivity contribution in [1.29, 1.82) is 0 Å². The number of hydrogen-bond acceptors (Lipinski definition) is 4. The molecule has 0 saturated carbocycles. The fourth-order valence-corrected chi connectivity index (χ4v) is 3.05. The molecule has 0 aliphatic rings. The summed E-state index contributed by atoms with van der Waals surface area (Å²) < 4.78 is 31.0. The van der Waals surface area contributed by atoms with Crippen molar-refractivity contribution in [1.82, 2.24) is 15.4 Å². The Kier molecular flexibility index (Phi) is 11.7. The second-order valence-electron chi connectivity index (χ2n) is 6.22. The molecule has 0 aromatic heterocycles. The average Bonchev–Trinajstić information content (AvgIpc) is 2.66. The van der Waals surface area contributed by atoms with Crippen LogP contribution < -0.4 is 15.4 Å². The van der Waals surface area contributed by atoms with Gasteiger partial charge in [0.25, 0.3) is 0 Å². The van der Waals surface area contributed by atoms with Gasteiger partial charge in [-0.2, -0.15) is 0 Å². The number of unbranched alkanes of at least 4 members (excludes halogenated alkanes) is 1. The van der Waals surface area contributed by atoms with Gasteiger partial charge in [-0.15, -0.1) is 0 Å². The van der Waals surface area contributed by atoms with Crippen LogP contribution in [0.3, 0.4) is 0 Å². The first-order chi connectivity index (χ1) is 13.0. The van der Waals surface area contributed by atoms with Gasteiger partial charge in [-0.25, -0.2) is 18.1 Å². The quantitative estimate of drug-likeness (QED) is 0.269. The van der Waals surface area contributed by atoms with E-state index in [2.05, 4.69) is 27.3 Å². The molecule has 1 aromatic rings. The van der Waals surface area contributed by atoms with Crippen molar-refractivity contribution < 1.29 is 13.2 Å². The van der Waals surface area contributed by atoms with Crippen molar-refractivity contribution >= 4 is 16.0 Å². The first-order valence-electron chi connectivity index (χ1n) is 9.59. The molecule has 0 aliphatic carbocycles. The maximum atomic E-state index is 11.6. The molecule has 0 amide bonds. The highest BCUT2D eigenvalue weighted by Crippen LogP contribution is 2.08. The molecule has 0 radical (unpaired) electrons. The Bertz CT molecular complexity index is 645. The van der Waals surface area contributed by atoms with Crippen LogP contribution in [0.5, 0.6) is 0 Å². The Morgan fingerprint density at radius 3 is 2.33 bits per heavy atom. The van der Waals surface area contributed by atoms with E-state index in [4.69, 9.17) is 4.74 Å². The molecular formula is C19H34N4O3S. The second-order valence-corrected chi connectivity index (χ2v) is 8.15. The van der Waals surface area contributed by atoms with Crippen molar-refractivity contribution in [2.45, 2.75) is 45.4 Å². The highest BCUT2D eigenvalue weighted by molar-refractivity contribution is 7.88. The minimum absolute atomic E-state index is 0.0163. The van der Waals surface area contributed by atoms with Crippen LogP contribution in [0, 0.1) is 0 Å². The summed E-state index contributed by atoms with van der Waals surface area (Å²) in [5.41, 5.74) is 1.78. The smallest absolute Gasteiger partial charge is 0.215 e. The molecule has 8 heteroatoms. The molecule has 1 aromatic carbocycles. The van der Waals surface area contributed by atoms with Gasteiger partial charge in [-0.3, -0.25) is 0 Å². The number of hydrogen-bond donors (Lipinski definition) is 3. The maximum absolute atomic E-state index is 11.6. The van der Waals surface area contributed by atoms with Crippen LogP contribution in [0.1, 0.15) is 44.2 Å². The van der Waals surface area contributed by atoms with Gasteiger partial charge in [-0.1, -0.05) is 37.6 Å². The Morgan fingerprint density at radius 2 is 1.70 bits per heavy atom. The summed E-state index contributed by atoms with van der Waals surface area (Å²) in [5, 5.41) is 6.53. The summed E-state index contributed by atoms with van der Waals surface area (Å²) in [6.07, 6.45) is 3.20. The first-order valence-corrected chi connectivity index (χ1v) is 11.2. The normalized spacial score (nSPS) is 12.2. The summed E-state index contributed by atoms with van der Waals surface area (Å²) in [5.74, 6) is 0.755. The number of nitrogens with zero attached hydrogens (tertiary/aromatic N) is 1. The van der Waals surface area contributed by atoms with E-state index < -0.39 is 10.0 Å². The van der Waals surface area contributed by atoms with Gasteiger partial charge in [0.1, 0.15) is 0 Å². The Balaban J connectivity index is 2.45. The molecule has 0 bridgehead atoms. The predicted molar refractivity (Wildman–Crippen MR) is 111 cm³/mol. The van der Waals surface area contributed by atoms with Gasteiger partial charge >= 0.3 is 0 Å². The molecule has 0 fully saturated rings. The molecule has 0 unspecified atom stereocenters. The summed E-state index contributed by atoms with van der Waals surface area (Å²) in [4.78, 5) is 4.57. The summed E-state index contributed by atoms with van der Waals surface area (Å²) >= 11 is 0. The van der Waals surface area contributed by atoms with Crippen LogP contribution in [-0.2, 0) is 27.1 Å². The lowest BCUT2D eigenvalue weighted by molar-refractivity contribution is 0.129. The third-order valence-electron chi connectivity index (χ3n) is 3.85. The van der Waals surface area contributed by atoms with E-state index in [1.165, 1.54) is 7.05 Å². The molecular weight excluding hydrogens is 364 g/mol. The van der Waals surface area contributed by atoms with Gasteiger partial charge in [0.2, 0.25) is 10.0 Å². The van der Waals surface area contributed by atoms with E-state index in [1.807, 2.05) is 31.2 Å². The molecule has 1 rings (SSSR count). The number of benzene rings is 1. The fraction of sp³-hybridized carbons (Fsp3) is 0.632. The second kappa shape index (κ2) is 13.5. The van der Waals surface area contributed by atoms with E-state index in [9.17, 15) is 8.42 Å². The van der Waals surface area contributed by atoms with Crippen LogP contribution in [-0.4, -0.2) is 47.7 Å². The number of sulfonamides is 1. The van der Waals surface area contributed by atoms with Crippen LogP contribution in [0.2, 0.25) is 0 Å². The zero-order valence-corrected chi connectivity index (χ0v) is 17.6. The number of ether oxygens (including phenoxy) is 1. The van der Waals surface area contributed by atoms with Gasteiger partial charge in [0.05, 0.1) is 12.3 Å². The maximum Gasteiger partial charge on any atom is 0.215 e. The molecule has 0 heterocycles. The molecule has 154 valence electrons. The van der Waals surface area contributed by atoms with E-state index in [-0.39, 0.29) is 5.75 Å². The van der Waals surface area contributed by atoms with Crippen LogP contribution >= 0.6 is 0 Å². The largest absolute Gasteiger partial charge is 0.381 e. The number of guanidine groups is 1. The number of aliphatic imine (C=N–C) groups is 1. The van der Waals surface area contributed by atoms with Crippen molar-refractivity contribution in [3.05, 3.63) is 35.4 Å². The standard InChI is InChI=1S/C19H34N4O3S/c1-4-6-13-26-14-7-12-22-19(21-5-2)23-15-17-8-10-18(11-9-17)16-27(24,25)20-3/h8-11,20H,4-7,12-16H2,1-3H3,(H2,21,22,23). The summed E-state index contributed by atoms with van der Waals surface area (Å²) in [6.45, 7) is 7.89. The molecule has 0 spiro atoms. The van der Waals surface area contributed by atoms with E-state index >= 15 is 0 Å². The molecule has 0 aliphatic heterocycles. The third kappa shape index (κ3) is 10.9. The van der Waals surface area contributed by atoms with Gasteiger partial charge < -0.3 is 15.4 Å². The van der Waals surface area contributed by atoms with E-state index in [0.717, 1.165) is 62.7 Å². The lowest BCUT2D eigenvalue weighted by Crippen LogP contribution is -2.38. The van der Waals surface area contributed by atoms with E-state index in [0.29, 0.717) is 6.54 Å². The fourth-order valence-electron chi connectivity index (χ4n) is 2.27. The van der Waals surface area contributed by atoms with Crippen molar-refractivity contribution in [3.8, 4) is 0 Å². The number of nitrogens with one attached hydrogen (secondary N) is 3. The first kappa shape index (κ1) is 23.4. The lowest BCUT2D eigenvalue weighted by Gasteiger charge is -2.11. The Hall–Kier alpha value is -1.64. The van der Waals surface area contributed by atoms with Crippen LogP contribution in [0.15, 0.2) is 29.3 Å². The highest BCUT2D eigenvalue weighted by Gasteiger charge is 2.08. The number of rotatable bonds is 13. The van der Waals surface area contributed by atoms with Crippen molar-refractivity contribution in [3.63, 3.8) is 0 Å². The van der Waals surface area contributed by atoms with Crippen LogP contribution in [0.4, 0.5) is 0 Å². The Labute approximate surface area is 164 Å². The van der Waals surface area contributed by atoms with Crippen molar-refractivity contribution in [2.24, 2.45) is 4.99 Å². The molecule has 3 N–H and O–H groups in total. The lowest BCUT2D eigenvalue weighted by atomic mass is 10.1. The summed E-state index contributed by atoms with van der Waals surface area (Å²) in [7, 11) is -1.83. The van der Waals surface area contributed by atoms with Crippen LogP contribution in [0.25, 0.3) is 0 Å². The minimum atomic E-state index is -3.25. The van der Waals surface area contributed by atoms with Gasteiger partial charge in [-0.05, 0) is 37.9 Å². The molecule has 0 saturated heterocycles. The van der Waals surface area contributed by atoms with E-state index in [1.54, 1.807) is 0 Å². The highest BCUT2D eigenvalue weighted by atomic mass is 32.2. The van der Waals surface area contributed by atoms with Crippen molar-refractivity contribution in [2.75, 3.05) is 33.4 Å². The topological polar surface area (TPSA) is 91.8 Å². The zero-order valence-electron chi connectivity index (χ0n) is 16.8. The third-order valence-corrected chi connectivity index (χ3v) is 5.19. The molecule has 27 heavy (non-hydrogen) atoms. The zero-order chi connectivity index (χ0) is 20.0. The monoisotopic (exact) mass is 398 g/mol. The minimum Gasteiger partial charge on any atom is -0.381 e. The van der Waals surface area contributed by atoms with Gasteiger partial charge in [0, 0.05) is 26.3 Å². The Morgan fingerprint density at radius 1 is 1.04 bits per heavy atom. The molecule has 7 nitrogen and oxygen atoms in total. The summed E-state index contributed by atoms with van der Waals surface area (Å²) in [6, 6.07) is 7.48. The predicted octanol–water partition coefficient (Wildman–Crippen LogP) is 2.00. The SMILES string of the molecule is CCCCOCCCNC(=NCc1ccc(CS(=O)(=O)NC)cc1)NCC.